The van der Waals surface area contributed by atoms with Gasteiger partial charge in [0.15, 0.2) is 5.17 Å². The third kappa shape index (κ3) is 5.84. The molecule has 17 heavy (non-hydrogen) atoms. The van der Waals surface area contributed by atoms with Crippen molar-refractivity contribution in [2.24, 2.45) is 16.5 Å². The van der Waals surface area contributed by atoms with E-state index < -0.39 is 0 Å². The fourth-order valence-corrected chi connectivity index (χ4v) is 1.81. The van der Waals surface area contributed by atoms with Crippen molar-refractivity contribution in [1.82, 2.24) is 0 Å². The van der Waals surface area contributed by atoms with Crippen LogP contribution in [0, 0.1) is 0 Å². The molecule has 1 aromatic rings. The largest absolute Gasteiger partial charge is 0.378 e. The third-order valence-corrected chi connectivity index (χ3v) is 2.91. The van der Waals surface area contributed by atoms with Crippen LogP contribution in [-0.2, 0) is 6.54 Å². The standard InChI is InChI=1S/C10H14ClN3S.2ClH/c1-2-15-10(13)14-8-5-3-4-7(6-12)9(8)11;;/h3-5H,2,6,12H2,1H3,(H2,13,14);2*1H. The molecule has 1 rings (SSSR count). The van der Waals surface area contributed by atoms with Crippen molar-refractivity contribution in [3.8, 4) is 0 Å². The Morgan fingerprint density at radius 2 is 2.06 bits per heavy atom. The second-order valence-electron chi connectivity index (χ2n) is 2.84. The minimum absolute atomic E-state index is 0. The van der Waals surface area contributed by atoms with Crippen LogP contribution in [0.25, 0.3) is 0 Å². The lowest BCUT2D eigenvalue weighted by Gasteiger charge is -2.04. The zero-order valence-corrected chi connectivity index (χ0v) is 12.6. The van der Waals surface area contributed by atoms with Crippen LogP contribution >= 0.6 is 48.2 Å². The Balaban J connectivity index is 0. The van der Waals surface area contributed by atoms with Crippen LogP contribution in [0.15, 0.2) is 23.2 Å². The molecule has 1 aromatic carbocycles. The van der Waals surface area contributed by atoms with Gasteiger partial charge in [-0.2, -0.15) is 0 Å². The minimum Gasteiger partial charge on any atom is -0.378 e. The van der Waals surface area contributed by atoms with E-state index in [9.17, 15) is 0 Å². The highest BCUT2D eigenvalue weighted by Crippen LogP contribution is 2.28. The predicted octanol–water partition coefficient (Wildman–Crippen LogP) is 3.34. The number of amidine groups is 1. The summed E-state index contributed by atoms with van der Waals surface area (Å²) in [6.45, 7) is 2.42. The first kappa shape index (κ1) is 19.2. The molecule has 98 valence electrons. The van der Waals surface area contributed by atoms with E-state index in [2.05, 4.69) is 4.99 Å². The van der Waals surface area contributed by atoms with E-state index >= 15 is 0 Å². The lowest BCUT2D eigenvalue weighted by Crippen LogP contribution is -2.06. The highest BCUT2D eigenvalue weighted by Gasteiger charge is 2.04. The maximum Gasteiger partial charge on any atom is 0.159 e. The molecule has 3 nitrogen and oxygen atoms in total. The summed E-state index contributed by atoms with van der Waals surface area (Å²) in [5.74, 6) is 0.892. The molecule has 0 aliphatic carbocycles. The lowest BCUT2D eigenvalue weighted by atomic mass is 10.2. The normalized spacial score (nSPS) is 10.4. The van der Waals surface area contributed by atoms with Gasteiger partial charge in [-0.25, -0.2) is 4.99 Å². The molecule has 7 heteroatoms. The summed E-state index contributed by atoms with van der Waals surface area (Å²) in [6.07, 6.45) is 0. The molecule has 0 saturated heterocycles. The average Bonchev–Trinajstić information content (AvgIpc) is 2.21. The van der Waals surface area contributed by atoms with Crippen LogP contribution in [0.5, 0.6) is 0 Å². The average molecular weight is 317 g/mol. The molecule has 4 N–H and O–H groups in total. The zero-order valence-electron chi connectivity index (χ0n) is 9.35. The minimum atomic E-state index is 0. The van der Waals surface area contributed by atoms with Crippen LogP contribution < -0.4 is 11.5 Å². The van der Waals surface area contributed by atoms with Crippen LogP contribution in [0.2, 0.25) is 5.02 Å². The van der Waals surface area contributed by atoms with Crippen molar-refractivity contribution < 1.29 is 0 Å². The second-order valence-corrected chi connectivity index (χ2v) is 4.50. The summed E-state index contributed by atoms with van der Waals surface area (Å²) in [5.41, 5.74) is 12.8. The van der Waals surface area contributed by atoms with Gasteiger partial charge in [0.1, 0.15) is 0 Å². The Bertz CT molecular complexity index is 372. The molecule has 0 spiro atoms. The van der Waals surface area contributed by atoms with Gasteiger partial charge in [-0.05, 0) is 17.4 Å². The number of rotatable bonds is 3. The zero-order chi connectivity index (χ0) is 11.3. The van der Waals surface area contributed by atoms with Crippen molar-refractivity contribution in [3.05, 3.63) is 28.8 Å². The van der Waals surface area contributed by atoms with Crippen LogP contribution in [-0.4, -0.2) is 10.9 Å². The summed E-state index contributed by atoms with van der Waals surface area (Å²) in [4.78, 5) is 4.23. The number of hydrogen-bond donors (Lipinski definition) is 2. The smallest absolute Gasteiger partial charge is 0.159 e. The second kappa shape index (κ2) is 9.85. The SMILES string of the molecule is CCSC(N)=Nc1cccc(CN)c1Cl.Cl.Cl. The van der Waals surface area contributed by atoms with E-state index in [4.69, 9.17) is 23.1 Å². The van der Waals surface area contributed by atoms with E-state index in [1.54, 1.807) is 0 Å². The molecule has 0 radical (unpaired) electrons. The lowest BCUT2D eigenvalue weighted by molar-refractivity contribution is 1.07. The summed E-state index contributed by atoms with van der Waals surface area (Å²) in [7, 11) is 0. The Morgan fingerprint density at radius 1 is 1.41 bits per heavy atom. The quantitative estimate of drug-likeness (QED) is 0.664. The molecule has 0 bridgehead atoms. The van der Waals surface area contributed by atoms with Gasteiger partial charge in [0.2, 0.25) is 0 Å². The van der Waals surface area contributed by atoms with Crippen LogP contribution in [0.1, 0.15) is 12.5 Å². The maximum atomic E-state index is 6.10. The van der Waals surface area contributed by atoms with Crippen LogP contribution in [0.4, 0.5) is 5.69 Å². The fourth-order valence-electron chi connectivity index (χ4n) is 1.11. The van der Waals surface area contributed by atoms with E-state index in [1.165, 1.54) is 11.8 Å². The van der Waals surface area contributed by atoms with E-state index in [-0.39, 0.29) is 24.8 Å². The number of nitrogens with zero attached hydrogens (tertiary/aromatic N) is 1. The Kier molecular flexibility index (Phi) is 11.1. The molecule has 0 unspecified atom stereocenters. The van der Waals surface area contributed by atoms with E-state index in [0.29, 0.717) is 22.4 Å². The number of thioether (sulfide) groups is 1. The summed E-state index contributed by atoms with van der Waals surface area (Å²) in [6, 6.07) is 5.58. The van der Waals surface area contributed by atoms with Gasteiger partial charge < -0.3 is 11.5 Å². The number of benzene rings is 1. The summed E-state index contributed by atoms with van der Waals surface area (Å²) >= 11 is 7.59. The van der Waals surface area contributed by atoms with E-state index in [0.717, 1.165) is 11.3 Å². The Morgan fingerprint density at radius 3 is 2.59 bits per heavy atom. The summed E-state index contributed by atoms with van der Waals surface area (Å²) < 4.78 is 0. The van der Waals surface area contributed by atoms with Crippen molar-refractivity contribution >= 4 is 59.0 Å². The highest BCUT2D eigenvalue weighted by molar-refractivity contribution is 8.13. The van der Waals surface area contributed by atoms with Crippen LogP contribution in [0.3, 0.4) is 0 Å². The fraction of sp³-hybridized carbons (Fsp3) is 0.300. The van der Waals surface area contributed by atoms with Gasteiger partial charge in [-0.1, -0.05) is 42.4 Å². The summed E-state index contributed by atoms with van der Waals surface area (Å²) in [5, 5.41) is 1.10. The molecule has 0 amide bonds. The molecule has 0 aliphatic heterocycles. The first-order valence-electron chi connectivity index (χ1n) is 4.63. The van der Waals surface area contributed by atoms with Gasteiger partial charge in [-0.15, -0.1) is 24.8 Å². The maximum absolute atomic E-state index is 6.10. The molecular weight excluding hydrogens is 301 g/mol. The number of aliphatic imine (C=N–C) groups is 1. The number of hydrogen-bond acceptors (Lipinski definition) is 3. The topological polar surface area (TPSA) is 64.4 Å². The van der Waals surface area contributed by atoms with Gasteiger partial charge >= 0.3 is 0 Å². The number of halogens is 3. The predicted molar refractivity (Wildman–Crippen MR) is 83.3 cm³/mol. The molecule has 0 aromatic heterocycles. The van der Waals surface area contributed by atoms with Crippen molar-refractivity contribution in [2.75, 3.05) is 5.75 Å². The monoisotopic (exact) mass is 315 g/mol. The molecular formula is C10H16Cl3N3S. The molecule has 0 fully saturated rings. The van der Waals surface area contributed by atoms with Crippen molar-refractivity contribution in [1.29, 1.82) is 0 Å². The Labute approximate surface area is 123 Å². The third-order valence-electron chi connectivity index (χ3n) is 1.80. The molecule has 0 aliphatic rings. The van der Waals surface area contributed by atoms with Gasteiger partial charge in [0, 0.05) is 6.54 Å². The van der Waals surface area contributed by atoms with Crippen molar-refractivity contribution in [3.63, 3.8) is 0 Å². The molecule has 0 saturated carbocycles. The highest BCUT2D eigenvalue weighted by atomic mass is 35.5. The molecule has 0 heterocycles. The van der Waals surface area contributed by atoms with Crippen molar-refractivity contribution in [2.45, 2.75) is 13.5 Å². The number of nitrogens with two attached hydrogens (primary N) is 2. The van der Waals surface area contributed by atoms with E-state index in [1.807, 2.05) is 25.1 Å². The van der Waals surface area contributed by atoms with Gasteiger partial charge in [0.05, 0.1) is 10.7 Å². The first-order chi connectivity index (χ1) is 7.19. The Hall–Kier alpha value is -0.130. The first-order valence-corrected chi connectivity index (χ1v) is 5.99. The van der Waals surface area contributed by atoms with Gasteiger partial charge in [0.25, 0.3) is 0 Å². The van der Waals surface area contributed by atoms with Gasteiger partial charge in [-0.3, -0.25) is 0 Å². The molecule has 0 atom stereocenters.